The van der Waals surface area contributed by atoms with Crippen LogP contribution in [0.3, 0.4) is 0 Å². The number of nitrogens with zero attached hydrogens (tertiary/aromatic N) is 1. The second-order valence-corrected chi connectivity index (χ2v) is 6.96. The third-order valence-corrected chi connectivity index (χ3v) is 4.66. The molecule has 0 heterocycles. The minimum atomic E-state index is -0.0316. The van der Waals surface area contributed by atoms with E-state index in [1.54, 1.807) is 0 Å². The number of aryl methyl sites for hydroxylation is 1. The van der Waals surface area contributed by atoms with E-state index < -0.39 is 0 Å². The first-order valence-electron chi connectivity index (χ1n) is 9.11. The number of nitrogens with one attached hydrogen (secondary N) is 1. The molecule has 1 N–H and O–H groups in total. The van der Waals surface area contributed by atoms with Crippen LogP contribution < -0.4 is 5.32 Å². The summed E-state index contributed by atoms with van der Waals surface area (Å²) in [5.74, 6) is -0.0316. The summed E-state index contributed by atoms with van der Waals surface area (Å²) >= 11 is 0. The Balaban J connectivity index is 1.99. The SMILES string of the molecule is CCN(Cc1ccc(C(=O)NC(C)c2ccc(C)cc2)cc1)C(C)C. The van der Waals surface area contributed by atoms with Gasteiger partial charge in [-0.05, 0) is 57.5 Å². The number of amides is 1. The summed E-state index contributed by atoms with van der Waals surface area (Å²) in [6.45, 7) is 12.6. The van der Waals surface area contributed by atoms with Crippen LogP contribution in [0.2, 0.25) is 0 Å². The largest absolute Gasteiger partial charge is 0.346 e. The molecule has 1 unspecified atom stereocenters. The van der Waals surface area contributed by atoms with E-state index in [1.807, 2.05) is 19.1 Å². The first-order chi connectivity index (χ1) is 11.9. The summed E-state index contributed by atoms with van der Waals surface area (Å²) in [5, 5.41) is 3.07. The fourth-order valence-corrected chi connectivity index (χ4v) is 2.87. The minimum absolute atomic E-state index is 0.00991. The molecule has 0 spiro atoms. The average Bonchev–Trinajstić information content (AvgIpc) is 2.60. The van der Waals surface area contributed by atoms with Crippen molar-refractivity contribution in [2.45, 2.75) is 53.2 Å². The van der Waals surface area contributed by atoms with Crippen LogP contribution in [0.1, 0.15) is 60.8 Å². The predicted molar refractivity (Wildman–Crippen MR) is 105 cm³/mol. The fourth-order valence-electron chi connectivity index (χ4n) is 2.87. The monoisotopic (exact) mass is 338 g/mol. The minimum Gasteiger partial charge on any atom is -0.346 e. The van der Waals surface area contributed by atoms with Crippen molar-refractivity contribution in [1.29, 1.82) is 0 Å². The van der Waals surface area contributed by atoms with Crippen molar-refractivity contribution in [3.8, 4) is 0 Å². The molecule has 0 radical (unpaired) electrons. The summed E-state index contributed by atoms with van der Waals surface area (Å²) in [4.78, 5) is 14.9. The fraction of sp³-hybridized carbons (Fsp3) is 0.409. The van der Waals surface area contributed by atoms with Crippen molar-refractivity contribution >= 4 is 5.91 Å². The third-order valence-electron chi connectivity index (χ3n) is 4.66. The van der Waals surface area contributed by atoms with Crippen molar-refractivity contribution in [2.75, 3.05) is 6.54 Å². The number of hydrogen-bond donors (Lipinski definition) is 1. The number of carbonyl (C=O) groups excluding carboxylic acids is 1. The van der Waals surface area contributed by atoms with Gasteiger partial charge in [-0.25, -0.2) is 0 Å². The molecule has 25 heavy (non-hydrogen) atoms. The smallest absolute Gasteiger partial charge is 0.251 e. The summed E-state index contributed by atoms with van der Waals surface area (Å²) in [6.07, 6.45) is 0. The molecule has 0 saturated heterocycles. The van der Waals surface area contributed by atoms with Crippen molar-refractivity contribution in [3.05, 3.63) is 70.8 Å². The number of carbonyl (C=O) groups is 1. The molecule has 0 aromatic heterocycles. The molecule has 0 aliphatic carbocycles. The Morgan fingerprint density at radius 2 is 1.60 bits per heavy atom. The molecule has 0 aliphatic rings. The highest BCUT2D eigenvalue weighted by Gasteiger charge is 2.12. The summed E-state index contributed by atoms with van der Waals surface area (Å²) in [5.41, 5.74) is 4.28. The van der Waals surface area contributed by atoms with Crippen LogP contribution in [-0.4, -0.2) is 23.4 Å². The summed E-state index contributed by atoms with van der Waals surface area (Å²) in [7, 11) is 0. The van der Waals surface area contributed by atoms with E-state index in [2.05, 4.69) is 74.3 Å². The van der Waals surface area contributed by atoms with Crippen molar-refractivity contribution in [3.63, 3.8) is 0 Å². The predicted octanol–water partition coefficient (Wildman–Crippen LogP) is 4.72. The van der Waals surface area contributed by atoms with Crippen LogP contribution in [-0.2, 0) is 6.54 Å². The second kappa shape index (κ2) is 8.82. The molecular weight excluding hydrogens is 308 g/mol. The Labute approximate surface area is 152 Å². The molecule has 2 rings (SSSR count). The first kappa shape index (κ1) is 19.2. The van der Waals surface area contributed by atoms with E-state index >= 15 is 0 Å². The van der Waals surface area contributed by atoms with E-state index in [9.17, 15) is 4.79 Å². The van der Waals surface area contributed by atoms with Crippen LogP contribution in [0.5, 0.6) is 0 Å². The van der Waals surface area contributed by atoms with Gasteiger partial charge < -0.3 is 5.32 Å². The van der Waals surface area contributed by atoms with Gasteiger partial charge in [-0.3, -0.25) is 9.69 Å². The first-order valence-corrected chi connectivity index (χ1v) is 9.11. The maximum Gasteiger partial charge on any atom is 0.251 e. The van der Waals surface area contributed by atoms with Crippen LogP contribution in [0, 0.1) is 6.92 Å². The molecule has 2 aromatic carbocycles. The van der Waals surface area contributed by atoms with E-state index in [0.29, 0.717) is 11.6 Å². The van der Waals surface area contributed by atoms with Gasteiger partial charge in [0.1, 0.15) is 0 Å². The van der Waals surface area contributed by atoms with Crippen molar-refractivity contribution in [1.82, 2.24) is 10.2 Å². The lowest BCUT2D eigenvalue weighted by Crippen LogP contribution is -2.30. The van der Waals surface area contributed by atoms with Gasteiger partial charge in [0.05, 0.1) is 6.04 Å². The quantitative estimate of drug-likeness (QED) is 0.792. The Morgan fingerprint density at radius 1 is 1.00 bits per heavy atom. The second-order valence-electron chi connectivity index (χ2n) is 6.96. The lowest BCUT2D eigenvalue weighted by molar-refractivity contribution is 0.0940. The highest BCUT2D eigenvalue weighted by atomic mass is 16.1. The third kappa shape index (κ3) is 5.43. The summed E-state index contributed by atoms with van der Waals surface area (Å²) < 4.78 is 0. The zero-order valence-corrected chi connectivity index (χ0v) is 16.0. The molecule has 0 bridgehead atoms. The standard InChI is InChI=1S/C22H30N2O/c1-6-24(16(2)3)15-19-9-13-21(14-10-19)22(25)23-18(5)20-11-7-17(4)8-12-20/h7-14,16,18H,6,15H2,1-5H3,(H,23,25). The van der Waals surface area contributed by atoms with Gasteiger partial charge in [-0.15, -0.1) is 0 Å². The Hall–Kier alpha value is -2.13. The molecule has 0 aliphatic heterocycles. The highest BCUT2D eigenvalue weighted by Crippen LogP contribution is 2.15. The number of rotatable bonds is 7. The van der Waals surface area contributed by atoms with Gasteiger partial charge >= 0.3 is 0 Å². The van der Waals surface area contributed by atoms with Crippen LogP contribution in [0.15, 0.2) is 48.5 Å². The van der Waals surface area contributed by atoms with E-state index in [1.165, 1.54) is 11.1 Å². The molecule has 1 atom stereocenters. The molecule has 0 fully saturated rings. The van der Waals surface area contributed by atoms with Crippen molar-refractivity contribution < 1.29 is 4.79 Å². The van der Waals surface area contributed by atoms with Crippen molar-refractivity contribution in [2.24, 2.45) is 0 Å². The van der Waals surface area contributed by atoms with Gasteiger partial charge in [-0.2, -0.15) is 0 Å². The lowest BCUT2D eigenvalue weighted by Gasteiger charge is -2.24. The Morgan fingerprint density at radius 3 is 2.12 bits per heavy atom. The summed E-state index contributed by atoms with van der Waals surface area (Å²) in [6, 6.07) is 16.7. The van der Waals surface area contributed by atoms with Crippen LogP contribution in [0.4, 0.5) is 0 Å². The van der Waals surface area contributed by atoms with Gasteiger partial charge in [0.25, 0.3) is 5.91 Å². The molecule has 3 nitrogen and oxygen atoms in total. The average molecular weight is 338 g/mol. The maximum absolute atomic E-state index is 12.5. The Bertz CT molecular complexity index is 674. The van der Waals surface area contributed by atoms with Crippen LogP contribution >= 0.6 is 0 Å². The van der Waals surface area contributed by atoms with E-state index in [0.717, 1.165) is 18.7 Å². The van der Waals surface area contributed by atoms with Crippen LogP contribution in [0.25, 0.3) is 0 Å². The molecule has 3 heteroatoms. The Kier molecular flexibility index (Phi) is 6.77. The van der Waals surface area contributed by atoms with Gasteiger partial charge in [-0.1, -0.05) is 48.9 Å². The molecule has 1 amide bonds. The molecule has 2 aromatic rings. The number of benzene rings is 2. The number of hydrogen-bond acceptors (Lipinski definition) is 2. The molecular formula is C22H30N2O. The highest BCUT2D eigenvalue weighted by molar-refractivity contribution is 5.94. The van der Waals surface area contributed by atoms with E-state index in [-0.39, 0.29) is 11.9 Å². The zero-order valence-electron chi connectivity index (χ0n) is 16.0. The molecule has 134 valence electrons. The normalized spacial score (nSPS) is 12.4. The molecule has 0 saturated carbocycles. The topological polar surface area (TPSA) is 32.3 Å². The van der Waals surface area contributed by atoms with Gasteiger partial charge in [0.15, 0.2) is 0 Å². The van der Waals surface area contributed by atoms with Gasteiger partial charge in [0.2, 0.25) is 0 Å². The van der Waals surface area contributed by atoms with Gasteiger partial charge in [0, 0.05) is 18.2 Å². The lowest BCUT2D eigenvalue weighted by atomic mass is 10.1. The zero-order chi connectivity index (χ0) is 18.4. The maximum atomic E-state index is 12.5. The van der Waals surface area contributed by atoms with E-state index in [4.69, 9.17) is 0 Å².